The number of hydrogen-bond donors (Lipinski definition) is 2. The molecule has 9 heavy (non-hydrogen) atoms. The summed E-state index contributed by atoms with van der Waals surface area (Å²) in [6.45, 7) is 7.74. The van der Waals surface area contributed by atoms with Crippen molar-refractivity contribution >= 4 is 0 Å². The van der Waals surface area contributed by atoms with Gasteiger partial charge in [0.1, 0.15) is 0 Å². The van der Waals surface area contributed by atoms with Crippen LogP contribution in [0, 0.1) is 5.41 Å². The molecule has 0 radical (unpaired) electrons. The van der Waals surface area contributed by atoms with Gasteiger partial charge in [0.2, 0.25) is 0 Å². The Kier molecular flexibility index (Phi) is 2.65. The predicted octanol–water partition coefficient (Wildman–Crippen LogP) is 0.741. The van der Waals surface area contributed by atoms with E-state index in [0.717, 1.165) is 0 Å². The summed E-state index contributed by atoms with van der Waals surface area (Å²) in [5.74, 6) is 0. The van der Waals surface area contributed by atoms with Crippen molar-refractivity contribution in [3.05, 3.63) is 0 Å². The maximum absolute atomic E-state index is 9.34. The second-order valence-electron chi connectivity index (χ2n) is 3.67. The van der Waals surface area contributed by atoms with Crippen LogP contribution >= 0.6 is 0 Å². The van der Waals surface area contributed by atoms with Gasteiger partial charge in [-0.25, -0.2) is 0 Å². The van der Waals surface area contributed by atoms with Gasteiger partial charge in [-0.1, -0.05) is 20.8 Å². The Morgan fingerprint density at radius 2 is 1.67 bits per heavy atom. The van der Waals surface area contributed by atoms with Crippen LogP contribution in [0.4, 0.5) is 0 Å². The lowest BCUT2D eigenvalue weighted by Crippen LogP contribution is -2.41. The molecule has 0 aliphatic carbocycles. The van der Waals surface area contributed by atoms with E-state index in [4.69, 9.17) is 5.73 Å². The topological polar surface area (TPSA) is 46.2 Å². The van der Waals surface area contributed by atoms with Crippen molar-refractivity contribution in [2.45, 2.75) is 39.8 Å². The molecule has 0 aromatic carbocycles. The minimum atomic E-state index is -0.405. The van der Waals surface area contributed by atoms with Crippen LogP contribution in [-0.2, 0) is 0 Å². The molecule has 0 rings (SSSR count). The Balaban J connectivity index is 3.88. The zero-order valence-electron chi connectivity index (χ0n) is 6.68. The second kappa shape index (κ2) is 2.67. The average Bonchev–Trinajstić information content (AvgIpc) is 1.62. The molecule has 0 heterocycles. The fraction of sp³-hybridized carbons (Fsp3) is 1.00. The molecule has 3 N–H and O–H groups in total. The monoisotopic (exact) mass is 131 g/mol. The Morgan fingerprint density at radius 1 is 1.33 bits per heavy atom. The van der Waals surface area contributed by atoms with E-state index in [1.807, 2.05) is 27.7 Å². The Bertz CT molecular complexity index is 83.4. The van der Waals surface area contributed by atoms with Gasteiger partial charge in [0.05, 0.1) is 6.10 Å². The van der Waals surface area contributed by atoms with Gasteiger partial charge in [0.25, 0.3) is 0 Å². The summed E-state index contributed by atoms with van der Waals surface area (Å²) < 4.78 is 0. The summed E-state index contributed by atoms with van der Waals surface area (Å²) in [7, 11) is 0. The third-order valence-electron chi connectivity index (χ3n) is 1.39. The summed E-state index contributed by atoms with van der Waals surface area (Å²) >= 11 is 0. The SMILES string of the molecule is C[C@H](N)C(O)C(C)(C)C. The molecule has 0 amide bonds. The molecule has 1 unspecified atom stereocenters. The van der Waals surface area contributed by atoms with Crippen LogP contribution in [0.25, 0.3) is 0 Å². The summed E-state index contributed by atoms with van der Waals surface area (Å²) in [4.78, 5) is 0. The third kappa shape index (κ3) is 2.82. The van der Waals surface area contributed by atoms with Crippen molar-refractivity contribution in [3.63, 3.8) is 0 Å². The highest BCUT2D eigenvalue weighted by atomic mass is 16.3. The largest absolute Gasteiger partial charge is 0.391 e. The van der Waals surface area contributed by atoms with Crippen LogP contribution < -0.4 is 5.73 Å². The lowest BCUT2D eigenvalue weighted by molar-refractivity contribution is 0.0455. The van der Waals surface area contributed by atoms with E-state index < -0.39 is 6.10 Å². The Morgan fingerprint density at radius 3 is 1.67 bits per heavy atom. The highest BCUT2D eigenvalue weighted by Crippen LogP contribution is 2.20. The Hall–Kier alpha value is -0.0800. The fourth-order valence-electron chi connectivity index (χ4n) is 0.789. The van der Waals surface area contributed by atoms with E-state index in [1.54, 1.807) is 0 Å². The van der Waals surface area contributed by atoms with Gasteiger partial charge in [0, 0.05) is 6.04 Å². The van der Waals surface area contributed by atoms with Crippen molar-refractivity contribution in [2.75, 3.05) is 0 Å². The lowest BCUT2D eigenvalue weighted by Gasteiger charge is -2.28. The van der Waals surface area contributed by atoms with Crippen LogP contribution in [0.5, 0.6) is 0 Å². The van der Waals surface area contributed by atoms with Gasteiger partial charge in [-0.3, -0.25) is 0 Å². The lowest BCUT2D eigenvalue weighted by atomic mass is 9.86. The maximum atomic E-state index is 9.34. The van der Waals surface area contributed by atoms with Gasteiger partial charge in [0.15, 0.2) is 0 Å². The normalized spacial score (nSPS) is 19.3. The number of rotatable bonds is 1. The van der Waals surface area contributed by atoms with E-state index in [1.165, 1.54) is 0 Å². The minimum Gasteiger partial charge on any atom is -0.391 e. The van der Waals surface area contributed by atoms with Crippen molar-refractivity contribution in [2.24, 2.45) is 11.1 Å². The molecule has 0 spiro atoms. The number of hydrogen-bond acceptors (Lipinski definition) is 2. The maximum Gasteiger partial charge on any atom is 0.0736 e. The minimum absolute atomic E-state index is 0.0891. The molecule has 0 saturated carbocycles. The Labute approximate surface area is 57.1 Å². The first kappa shape index (κ1) is 8.92. The highest BCUT2D eigenvalue weighted by molar-refractivity contribution is 4.78. The fourth-order valence-corrected chi connectivity index (χ4v) is 0.789. The predicted molar refractivity (Wildman–Crippen MR) is 39.1 cm³/mol. The number of aliphatic hydroxyl groups is 1. The molecule has 0 aliphatic rings. The second-order valence-corrected chi connectivity index (χ2v) is 3.67. The summed E-state index contributed by atoms with van der Waals surface area (Å²) in [5, 5.41) is 9.34. The molecule has 0 aliphatic heterocycles. The first-order valence-corrected chi connectivity index (χ1v) is 3.29. The van der Waals surface area contributed by atoms with Crippen LogP contribution in [0.2, 0.25) is 0 Å². The summed E-state index contributed by atoms with van der Waals surface area (Å²) in [6.07, 6.45) is -0.405. The van der Waals surface area contributed by atoms with E-state index in [-0.39, 0.29) is 11.5 Å². The quantitative estimate of drug-likeness (QED) is 0.551. The van der Waals surface area contributed by atoms with Crippen molar-refractivity contribution in [3.8, 4) is 0 Å². The number of aliphatic hydroxyl groups excluding tert-OH is 1. The van der Waals surface area contributed by atoms with E-state index >= 15 is 0 Å². The average molecular weight is 131 g/mol. The highest BCUT2D eigenvalue weighted by Gasteiger charge is 2.24. The zero-order chi connectivity index (χ0) is 7.65. The van der Waals surface area contributed by atoms with Gasteiger partial charge in [-0.2, -0.15) is 0 Å². The molecular formula is C7H17NO. The van der Waals surface area contributed by atoms with Crippen LogP contribution in [-0.4, -0.2) is 17.3 Å². The van der Waals surface area contributed by atoms with E-state index in [9.17, 15) is 5.11 Å². The molecule has 0 aromatic heterocycles. The molecule has 56 valence electrons. The molecule has 2 atom stereocenters. The summed E-state index contributed by atoms with van der Waals surface area (Å²) in [5.41, 5.74) is 5.38. The van der Waals surface area contributed by atoms with Gasteiger partial charge >= 0.3 is 0 Å². The number of nitrogens with two attached hydrogens (primary N) is 1. The first-order chi connectivity index (χ1) is 3.85. The van der Waals surface area contributed by atoms with E-state index in [0.29, 0.717) is 0 Å². The molecular weight excluding hydrogens is 114 g/mol. The standard InChI is InChI=1S/C7H17NO/c1-5(8)6(9)7(2,3)4/h5-6,9H,8H2,1-4H3/t5-,6?/m0/s1. The van der Waals surface area contributed by atoms with E-state index in [2.05, 4.69) is 0 Å². The molecule has 2 nitrogen and oxygen atoms in total. The first-order valence-electron chi connectivity index (χ1n) is 3.29. The van der Waals surface area contributed by atoms with Crippen molar-refractivity contribution in [1.29, 1.82) is 0 Å². The zero-order valence-corrected chi connectivity index (χ0v) is 6.68. The van der Waals surface area contributed by atoms with Crippen molar-refractivity contribution < 1.29 is 5.11 Å². The van der Waals surface area contributed by atoms with Crippen LogP contribution in [0.15, 0.2) is 0 Å². The third-order valence-corrected chi connectivity index (χ3v) is 1.39. The summed E-state index contributed by atoms with van der Waals surface area (Å²) in [6, 6.07) is -0.134. The smallest absolute Gasteiger partial charge is 0.0736 e. The van der Waals surface area contributed by atoms with Gasteiger partial charge < -0.3 is 10.8 Å². The molecule has 0 saturated heterocycles. The molecule has 0 aromatic rings. The van der Waals surface area contributed by atoms with Crippen LogP contribution in [0.3, 0.4) is 0 Å². The van der Waals surface area contributed by atoms with Gasteiger partial charge in [-0.05, 0) is 12.3 Å². The molecule has 0 bridgehead atoms. The molecule has 2 heteroatoms. The van der Waals surface area contributed by atoms with Crippen molar-refractivity contribution in [1.82, 2.24) is 0 Å². The van der Waals surface area contributed by atoms with Gasteiger partial charge in [-0.15, -0.1) is 0 Å². The van der Waals surface area contributed by atoms with Crippen LogP contribution in [0.1, 0.15) is 27.7 Å². The molecule has 0 fully saturated rings.